The van der Waals surface area contributed by atoms with Crippen molar-refractivity contribution >= 4 is 67.9 Å². The van der Waals surface area contributed by atoms with Gasteiger partial charge in [0.1, 0.15) is 18.2 Å². The maximum atomic E-state index is 14.4. The van der Waals surface area contributed by atoms with Crippen LogP contribution in [-0.2, 0) is 25.7 Å². The minimum Gasteiger partial charge on any atom is -0.490 e. The van der Waals surface area contributed by atoms with Gasteiger partial charge in [-0.2, -0.15) is 0 Å². The summed E-state index contributed by atoms with van der Waals surface area (Å²) in [6.07, 6.45) is 1.70. The highest BCUT2D eigenvalue weighted by Gasteiger charge is 2.34. The molecule has 256 valence electrons. The molecule has 0 aliphatic carbocycles. The number of carbonyl (C=O) groups is 2. The molecule has 14 heteroatoms. The van der Waals surface area contributed by atoms with E-state index in [2.05, 4.69) is 48.3 Å². The number of aromatic nitrogens is 1. The molecule has 10 nitrogen and oxygen atoms in total. The molecule has 3 aromatic carbocycles. The predicted octanol–water partition coefficient (Wildman–Crippen LogP) is 5.83. The average Bonchev–Trinajstić information content (AvgIpc) is 3.37. The van der Waals surface area contributed by atoms with Gasteiger partial charge >= 0.3 is 11.9 Å². The molecule has 5 rings (SSSR count). The highest BCUT2D eigenvalue weighted by molar-refractivity contribution is 14.1. The summed E-state index contributed by atoms with van der Waals surface area (Å²) in [6, 6.07) is 14.1. The second kappa shape index (κ2) is 16.1. The molecule has 0 N–H and O–H groups in total. The van der Waals surface area contributed by atoms with Crippen LogP contribution in [-0.4, -0.2) is 43.4 Å². The highest BCUT2D eigenvalue weighted by Crippen LogP contribution is 2.37. The zero-order valence-electron chi connectivity index (χ0n) is 26.9. The number of methoxy groups -OCH3 is 1. The third-order valence-electron chi connectivity index (χ3n) is 7.33. The van der Waals surface area contributed by atoms with E-state index in [1.54, 1.807) is 63.2 Å². The van der Waals surface area contributed by atoms with Crippen LogP contribution in [0.25, 0.3) is 6.08 Å². The Morgan fingerprint density at radius 2 is 1.84 bits per heavy atom. The van der Waals surface area contributed by atoms with Crippen molar-refractivity contribution in [2.24, 2.45) is 4.99 Å². The van der Waals surface area contributed by atoms with E-state index in [4.69, 9.17) is 18.9 Å². The highest BCUT2D eigenvalue weighted by atomic mass is 127. The lowest BCUT2D eigenvalue weighted by molar-refractivity contribution is -0.143. The number of esters is 2. The second-order valence-electron chi connectivity index (χ2n) is 10.5. The van der Waals surface area contributed by atoms with E-state index in [1.807, 2.05) is 12.1 Å². The number of rotatable bonds is 12. The quantitative estimate of drug-likeness (QED) is 0.129. The number of fused-ring (bicyclic) bond motifs is 1. The zero-order chi connectivity index (χ0) is 35.2. The van der Waals surface area contributed by atoms with Crippen LogP contribution < -0.4 is 29.1 Å². The van der Waals surface area contributed by atoms with Crippen LogP contribution in [0.3, 0.4) is 0 Å². The molecule has 4 aromatic rings. The van der Waals surface area contributed by atoms with Crippen molar-refractivity contribution in [3.05, 3.63) is 116 Å². The Morgan fingerprint density at radius 1 is 1.06 bits per heavy atom. The van der Waals surface area contributed by atoms with Crippen molar-refractivity contribution in [1.29, 1.82) is 0 Å². The van der Waals surface area contributed by atoms with Crippen LogP contribution >= 0.6 is 49.9 Å². The first kappa shape index (κ1) is 36.3. The molecule has 0 saturated heterocycles. The van der Waals surface area contributed by atoms with Gasteiger partial charge in [-0.25, -0.2) is 19.0 Å². The summed E-state index contributed by atoms with van der Waals surface area (Å²) in [7, 11) is 1.26. The third kappa shape index (κ3) is 8.07. The van der Waals surface area contributed by atoms with Gasteiger partial charge in [-0.1, -0.05) is 51.5 Å². The largest absolute Gasteiger partial charge is 0.490 e. The molecular formula is C35H31BrFIN2O8S. The van der Waals surface area contributed by atoms with Gasteiger partial charge in [0.05, 0.1) is 45.7 Å². The van der Waals surface area contributed by atoms with Gasteiger partial charge in [0, 0.05) is 15.6 Å². The lowest BCUT2D eigenvalue weighted by Crippen LogP contribution is -2.40. The normalized spacial score (nSPS) is 14.2. The first-order chi connectivity index (χ1) is 23.6. The number of ether oxygens (including phenoxy) is 5. The molecule has 0 saturated carbocycles. The van der Waals surface area contributed by atoms with E-state index in [0.717, 1.165) is 19.4 Å². The number of hydrogen-bond donors (Lipinski definition) is 0. The minimum absolute atomic E-state index is 0.0179. The Morgan fingerprint density at radius 3 is 2.55 bits per heavy atom. The van der Waals surface area contributed by atoms with Gasteiger partial charge in [-0.15, -0.1) is 0 Å². The van der Waals surface area contributed by atoms with Crippen molar-refractivity contribution in [1.82, 2.24) is 4.57 Å². The molecule has 1 atom stereocenters. The average molecular weight is 866 g/mol. The Kier molecular flexibility index (Phi) is 11.9. The molecule has 1 aliphatic rings. The molecular weight excluding hydrogens is 834 g/mol. The van der Waals surface area contributed by atoms with Gasteiger partial charge < -0.3 is 23.7 Å². The van der Waals surface area contributed by atoms with Crippen LogP contribution in [0, 0.1) is 9.39 Å². The standard InChI is InChI=1S/C35H31BrFIN2O8S/c1-5-45-27-14-20(11-12-26(27)47-18-29(41)44-4)31-30(34(43)46-6-2)19(3)39-35-40(31)33(42)28(49-35)15-22-13-23(36)16-25(38)32(22)48-17-21-9-7-8-10-24(21)37/h7-16,31H,5-6,17-18H2,1-4H3/b28-15+/t31-/m1/s1. The summed E-state index contributed by atoms with van der Waals surface area (Å²) in [5, 5.41) is 0. The molecule has 0 bridgehead atoms. The number of nitrogens with zero attached hydrogens (tertiary/aromatic N) is 2. The molecule has 1 aliphatic heterocycles. The summed E-state index contributed by atoms with van der Waals surface area (Å²) in [4.78, 5) is 44.5. The summed E-state index contributed by atoms with van der Waals surface area (Å²) in [6.45, 7) is 5.24. The summed E-state index contributed by atoms with van der Waals surface area (Å²) >= 11 is 6.82. The number of thiazole rings is 1. The summed E-state index contributed by atoms with van der Waals surface area (Å²) < 4.78 is 45.4. The van der Waals surface area contributed by atoms with Gasteiger partial charge in [-0.3, -0.25) is 9.36 Å². The van der Waals surface area contributed by atoms with E-state index >= 15 is 0 Å². The number of hydrogen-bond acceptors (Lipinski definition) is 10. The molecule has 2 heterocycles. The van der Waals surface area contributed by atoms with Crippen LogP contribution in [0.15, 0.2) is 80.1 Å². The number of allylic oxidation sites excluding steroid dienone is 1. The zero-order valence-corrected chi connectivity index (χ0v) is 31.4. The van der Waals surface area contributed by atoms with Crippen molar-refractivity contribution in [2.45, 2.75) is 33.4 Å². The van der Waals surface area contributed by atoms with Crippen LogP contribution in [0.1, 0.15) is 43.5 Å². The molecule has 0 radical (unpaired) electrons. The molecule has 1 aromatic heterocycles. The SMILES string of the molecule is CCOC(=O)C1=C(C)N=c2s/c(=C/c3cc(Br)cc(I)c3OCc3ccccc3F)c(=O)n2[C@@H]1c1ccc(OCC(=O)OC)c(OCC)c1. The van der Waals surface area contributed by atoms with Gasteiger partial charge in [0.2, 0.25) is 0 Å². The number of halogens is 3. The third-order valence-corrected chi connectivity index (χ3v) is 9.57. The number of benzene rings is 3. The van der Waals surface area contributed by atoms with E-state index < -0.39 is 23.5 Å². The molecule has 0 spiro atoms. The fourth-order valence-electron chi connectivity index (χ4n) is 5.13. The van der Waals surface area contributed by atoms with E-state index in [-0.39, 0.29) is 43.6 Å². The Labute approximate surface area is 307 Å². The minimum atomic E-state index is -0.925. The van der Waals surface area contributed by atoms with E-state index in [9.17, 15) is 18.8 Å². The maximum absolute atomic E-state index is 14.4. The molecule has 49 heavy (non-hydrogen) atoms. The smallest absolute Gasteiger partial charge is 0.343 e. The van der Waals surface area contributed by atoms with E-state index in [1.165, 1.54) is 17.7 Å². The van der Waals surface area contributed by atoms with Crippen LogP contribution in [0.4, 0.5) is 4.39 Å². The van der Waals surface area contributed by atoms with E-state index in [0.29, 0.717) is 43.2 Å². The van der Waals surface area contributed by atoms with Crippen molar-refractivity contribution < 1.29 is 37.7 Å². The van der Waals surface area contributed by atoms with Gasteiger partial charge in [0.15, 0.2) is 22.9 Å². The lowest BCUT2D eigenvalue weighted by Gasteiger charge is -2.25. The first-order valence-corrected chi connectivity index (χ1v) is 17.8. The lowest BCUT2D eigenvalue weighted by atomic mass is 9.95. The summed E-state index contributed by atoms with van der Waals surface area (Å²) in [5.41, 5.74) is 1.70. The second-order valence-corrected chi connectivity index (χ2v) is 13.6. The Hall–Kier alpha value is -4.02. The maximum Gasteiger partial charge on any atom is 0.343 e. The number of carbonyl (C=O) groups excluding carboxylic acids is 2. The molecule has 0 unspecified atom stereocenters. The van der Waals surface area contributed by atoms with Crippen LogP contribution in [0.2, 0.25) is 0 Å². The van der Waals surface area contributed by atoms with Crippen molar-refractivity contribution in [3.8, 4) is 17.2 Å². The fourth-order valence-corrected chi connectivity index (χ4v) is 7.87. The van der Waals surface area contributed by atoms with Crippen molar-refractivity contribution in [3.63, 3.8) is 0 Å². The Balaban J connectivity index is 1.65. The fraction of sp³-hybridized carbons (Fsp3) is 0.257. The van der Waals surface area contributed by atoms with Gasteiger partial charge in [-0.05, 0) is 85.3 Å². The monoisotopic (exact) mass is 864 g/mol. The summed E-state index contributed by atoms with van der Waals surface area (Å²) in [5.74, 6) is -0.493. The van der Waals surface area contributed by atoms with Gasteiger partial charge in [0.25, 0.3) is 5.56 Å². The van der Waals surface area contributed by atoms with Crippen LogP contribution in [0.5, 0.6) is 17.2 Å². The topological polar surface area (TPSA) is 115 Å². The molecule has 0 fully saturated rings. The van der Waals surface area contributed by atoms with Crippen molar-refractivity contribution in [2.75, 3.05) is 26.9 Å². The molecule has 0 amide bonds. The Bertz CT molecular complexity index is 2130. The predicted molar refractivity (Wildman–Crippen MR) is 193 cm³/mol. The first-order valence-electron chi connectivity index (χ1n) is 15.1.